The van der Waals surface area contributed by atoms with Gasteiger partial charge in [-0.3, -0.25) is 4.79 Å². The van der Waals surface area contributed by atoms with E-state index in [0.717, 1.165) is 0 Å². The second kappa shape index (κ2) is 29.9. The van der Waals surface area contributed by atoms with Gasteiger partial charge < -0.3 is 183 Å². The number of hydrogen-bond acceptors (Lipinski definition) is 38. The van der Waals surface area contributed by atoms with Crippen LogP contribution in [0.15, 0.2) is 5.16 Å². The van der Waals surface area contributed by atoms with Crippen molar-refractivity contribution in [2.24, 2.45) is 5.16 Å². The summed E-state index contributed by atoms with van der Waals surface area (Å²) in [6, 6.07) is 0. The number of aliphatic hydroxyl groups excluding tert-OH is 20. The van der Waals surface area contributed by atoms with Crippen molar-refractivity contribution in [3.63, 3.8) is 0 Å². The Hall–Kier alpha value is -2.75. The van der Waals surface area contributed by atoms with Gasteiger partial charge in [0.15, 0.2) is 50.6 Å². The molecule has 0 saturated carbocycles. The van der Waals surface area contributed by atoms with E-state index in [1.54, 1.807) is 0 Å². The highest BCUT2D eigenvalue weighted by atomic mass is 16.8. The molecule has 0 aromatic rings. The van der Waals surface area contributed by atoms with Gasteiger partial charge in [0.25, 0.3) is 5.91 Å². The number of nitrogens with one attached hydrogen (secondary N) is 1. The molecular weight excluding hydrogens is 1170 g/mol. The summed E-state index contributed by atoms with van der Waals surface area (Å²) < 4.78 is 80.2. The minimum absolute atomic E-state index is 0.365. The normalized spacial score (nSPS) is 51.2. The van der Waals surface area contributed by atoms with E-state index >= 15 is 0 Å². The van der Waals surface area contributed by atoms with Crippen molar-refractivity contribution in [3.8, 4) is 0 Å². The monoisotopic (exact) mass is 1250 g/mol. The number of aliphatic hydroxyl groups is 20. The Morgan fingerprint density at radius 1 is 0.341 bits per heavy atom. The molecule has 0 spiro atoms. The fraction of sp³-hybridized carbons (Fsp3) is 0.935. The third-order valence-electron chi connectivity index (χ3n) is 15.4. The standard InChI is InChI=1S/C46H74N2O37/c49-2-1-47-18(56)10-71-48-3-11-33-19(57)26(64)40(72-11)80-34-12(4-50)74-42(28(66)21(34)59)82-36-14(6-52)76-44(30(68)23(36)61)84-38-16(8-54)78-46(32(70)25(38)63)85-39-17(9-55)77-45(31(69)24(39)62)83-37-15(7-53)75-43(29(67)22(37)60)81-35-13(5-51)73-41(79-33)27(65)20(35)58/h2-3,11-17,19-46,50-55,57-70H,1,4-10H2,(H,47,56)/b48-3+/t11-,12-,13-,14-,15-,16-,17-,19-,20-,21-,22-,23-,24-,25-,26-,27-,28+,29-,30+,31-,32-,33-,34-,35-,36-,37-,38-,39-,40-,41-,42-,43-,44-,45-,46-/m1/s1. The maximum absolute atomic E-state index is 12.1. The van der Waals surface area contributed by atoms with Crippen molar-refractivity contribution in [2.75, 3.05) is 52.8 Å². The van der Waals surface area contributed by atoms with E-state index in [1.807, 2.05) is 0 Å². The highest BCUT2D eigenvalue weighted by Crippen LogP contribution is 2.39. The summed E-state index contributed by atoms with van der Waals surface area (Å²) in [5.41, 5.74) is 0. The predicted molar refractivity (Wildman–Crippen MR) is 255 cm³/mol. The molecule has 0 aliphatic carbocycles. The molecular formula is C46H74N2O37. The Kier molecular flexibility index (Phi) is 24.0. The first-order chi connectivity index (χ1) is 40.5. The first-order valence-electron chi connectivity index (χ1n) is 26.8. The molecule has 21 rings (SSSR count). The first-order valence-corrected chi connectivity index (χ1v) is 26.8. The Bertz CT molecular complexity index is 2120. The van der Waals surface area contributed by atoms with Crippen LogP contribution in [0.1, 0.15) is 0 Å². The first kappa shape index (κ1) is 68.2. The maximum atomic E-state index is 12.1. The SMILES string of the molecule is O=CCNC(=O)CO/N=C/[C@H]1O[C@@H]2O[C@H]3[C@H](O)[C@H](O)[C@@H](O[C@H]4[C@H](O)[C@H](O)[C@@H](O[C@H]5[C@H](O)[C@@H](O)[C@@H](O[C@H]6[C@H](O)[C@@H](O)[C@@H](O[C@H]7[C@H](O)[C@@H](O)[C@@H](O[C@H]8[C@H](O)[C@@H](O)[C@@H](O[C@H]1[C@H](O)[C@H]2O)O[C@@H]8CO)O[C@@H]7CO)O[C@@H]6CO)O[C@@H]5CO)O[C@@H]4CO)O[C@@H]3CO. The summed E-state index contributed by atoms with van der Waals surface area (Å²) in [6.45, 7) is -7.72. The van der Waals surface area contributed by atoms with Crippen LogP contribution in [0, 0.1) is 0 Å². The molecule has 21 saturated heterocycles. The molecule has 21 heterocycles. The van der Waals surface area contributed by atoms with Gasteiger partial charge in [-0.05, 0) is 0 Å². The summed E-state index contributed by atoms with van der Waals surface area (Å²) in [6.07, 6.45) is -71.1. The molecule has 35 atom stereocenters. The number of carbonyl (C=O) groups is 2. The topological polar surface area (TPSA) is 602 Å². The Labute approximate surface area is 478 Å². The highest BCUT2D eigenvalue weighted by Gasteiger charge is 2.59. The molecule has 21 fully saturated rings. The predicted octanol–water partition coefficient (Wildman–Crippen LogP) is -15.9. The van der Waals surface area contributed by atoms with Gasteiger partial charge in [0.05, 0.1) is 52.4 Å². The minimum Gasteiger partial charge on any atom is -0.394 e. The fourth-order valence-electron chi connectivity index (χ4n) is 10.7. The number of hydrogen-bond donors (Lipinski definition) is 21. The molecule has 39 heteroatoms. The van der Waals surface area contributed by atoms with Gasteiger partial charge in [-0.15, -0.1) is 0 Å². The molecule has 21 aliphatic rings. The zero-order chi connectivity index (χ0) is 61.9. The van der Waals surface area contributed by atoms with Crippen molar-refractivity contribution >= 4 is 18.4 Å². The van der Waals surface area contributed by atoms with Crippen molar-refractivity contribution < 1.29 is 183 Å². The molecule has 85 heavy (non-hydrogen) atoms. The van der Waals surface area contributed by atoms with E-state index in [0.29, 0.717) is 12.5 Å². The minimum atomic E-state index is -2.30. The third-order valence-corrected chi connectivity index (χ3v) is 15.4. The van der Waals surface area contributed by atoms with Crippen molar-refractivity contribution in [2.45, 2.75) is 215 Å². The summed E-state index contributed by atoms with van der Waals surface area (Å²) in [5, 5.41) is 228. The van der Waals surface area contributed by atoms with Gasteiger partial charge in [-0.2, -0.15) is 0 Å². The number of nitrogens with zero attached hydrogens (tertiary/aromatic N) is 1. The van der Waals surface area contributed by atoms with Gasteiger partial charge in [0.1, 0.15) is 177 Å². The second-order valence-electron chi connectivity index (χ2n) is 20.9. The van der Waals surface area contributed by atoms with Crippen LogP contribution in [-0.2, 0) is 80.7 Å². The molecule has 1 amide bonds. The summed E-state index contributed by atoms with van der Waals surface area (Å²) >= 11 is 0. The summed E-state index contributed by atoms with van der Waals surface area (Å²) in [4.78, 5) is 27.8. The molecule has 490 valence electrons. The molecule has 21 aliphatic heterocycles. The smallest absolute Gasteiger partial charge is 0.261 e. The summed E-state index contributed by atoms with van der Waals surface area (Å²) in [5.74, 6) is -0.851. The molecule has 0 radical (unpaired) electrons. The number of rotatable bonds is 12. The van der Waals surface area contributed by atoms with Crippen LogP contribution in [0.5, 0.6) is 0 Å². The molecule has 39 nitrogen and oxygen atoms in total. The second-order valence-corrected chi connectivity index (χ2v) is 20.9. The zero-order valence-electron chi connectivity index (χ0n) is 44.4. The highest BCUT2D eigenvalue weighted by molar-refractivity contribution is 5.79. The van der Waals surface area contributed by atoms with Crippen LogP contribution in [0.3, 0.4) is 0 Å². The average molecular weight is 1250 g/mol. The van der Waals surface area contributed by atoms with Gasteiger partial charge in [-0.1, -0.05) is 5.16 Å². The Morgan fingerprint density at radius 3 is 0.800 bits per heavy atom. The van der Waals surface area contributed by atoms with E-state index in [-0.39, 0.29) is 0 Å². The van der Waals surface area contributed by atoms with E-state index in [1.165, 1.54) is 0 Å². The van der Waals surface area contributed by atoms with E-state index < -0.39 is 274 Å². The number of carbonyl (C=O) groups excluding carboxylic acids is 2. The van der Waals surface area contributed by atoms with E-state index in [2.05, 4.69) is 10.5 Å². The number of ether oxygens (including phenoxy) is 14. The maximum Gasteiger partial charge on any atom is 0.261 e. The fourth-order valence-corrected chi connectivity index (χ4v) is 10.7. The number of amides is 1. The Morgan fingerprint density at radius 2 is 0.565 bits per heavy atom. The molecule has 14 bridgehead atoms. The Balaban J connectivity index is 1.10. The average Bonchev–Trinajstić information content (AvgIpc) is 1.77. The molecule has 0 unspecified atom stereocenters. The lowest BCUT2D eigenvalue weighted by Gasteiger charge is -2.50. The number of oxime groups is 1. The largest absolute Gasteiger partial charge is 0.394 e. The summed E-state index contributed by atoms with van der Waals surface area (Å²) in [7, 11) is 0. The van der Waals surface area contributed by atoms with Crippen molar-refractivity contribution in [3.05, 3.63) is 0 Å². The van der Waals surface area contributed by atoms with Crippen molar-refractivity contribution in [1.82, 2.24) is 5.32 Å². The lowest BCUT2D eigenvalue weighted by atomic mass is 9.95. The molecule has 0 aromatic carbocycles. The van der Waals surface area contributed by atoms with Crippen LogP contribution in [0.2, 0.25) is 0 Å². The molecule has 0 aromatic heterocycles. The lowest BCUT2D eigenvalue weighted by molar-refractivity contribution is -0.396. The van der Waals surface area contributed by atoms with Gasteiger partial charge in [0.2, 0.25) is 0 Å². The van der Waals surface area contributed by atoms with Crippen LogP contribution < -0.4 is 5.32 Å². The van der Waals surface area contributed by atoms with E-state index in [4.69, 9.17) is 71.2 Å². The van der Waals surface area contributed by atoms with Crippen LogP contribution in [0.4, 0.5) is 0 Å². The van der Waals surface area contributed by atoms with Crippen LogP contribution >= 0.6 is 0 Å². The van der Waals surface area contributed by atoms with E-state index in [9.17, 15) is 112 Å². The lowest BCUT2D eigenvalue weighted by Crippen LogP contribution is -2.68. The third kappa shape index (κ3) is 14.4. The van der Waals surface area contributed by atoms with Crippen LogP contribution in [0.25, 0.3) is 0 Å². The van der Waals surface area contributed by atoms with Gasteiger partial charge in [0, 0.05) is 0 Å². The van der Waals surface area contributed by atoms with Crippen LogP contribution in [-0.4, -0.2) is 388 Å². The molecule has 21 N–H and O–H groups in total. The number of aldehydes is 1. The van der Waals surface area contributed by atoms with Gasteiger partial charge >= 0.3 is 0 Å². The quantitative estimate of drug-likeness (QED) is 0.0490. The zero-order valence-corrected chi connectivity index (χ0v) is 44.4. The van der Waals surface area contributed by atoms with Gasteiger partial charge in [-0.25, -0.2) is 0 Å². The van der Waals surface area contributed by atoms with Crippen molar-refractivity contribution in [1.29, 1.82) is 0 Å².